The van der Waals surface area contributed by atoms with E-state index in [2.05, 4.69) is 6.92 Å². The fourth-order valence-electron chi connectivity index (χ4n) is 2.39. The molecule has 120 valence electrons. The van der Waals surface area contributed by atoms with E-state index in [1.807, 2.05) is 0 Å². The van der Waals surface area contributed by atoms with Crippen molar-refractivity contribution < 1.29 is 11.6 Å². The lowest BCUT2D eigenvalue weighted by atomic mass is 10.1. The summed E-state index contributed by atoms with van der Waals surface area (Å²) in [4.78, 5) is 0. The summed E-state index contributed by atoms with van der Waals surface area (Å²) in [5.41, 5.74) is 0.249. The molecule has 0 N–H and O–H groups in total. The minimum atomic E-state index is -0.353. The van der Waals surface area contributed by atoms with Gasteiger partial charge in [-0.1, -0.05) is 101 Å². The number of rotatable bonds is 14. The first-order valence-corrected chi connectivity index (χ1v) is 8.64. The van der Waals surface area contributed by atoms with Crippen LogP contribution in [0.5, 0.6) is 0 Å². The van der Waals surface area contributed by atoms with E-state index < -0.39 is 0 Å². The predicted molar refractivity (Wildman–Crippen MR) is 92.6 cm³/mol. The Kier molecular flexibility index (Phi) is 7.88. The molecule has 1 heteroatoms. The molecule has 1 aromatic carbocycles. The second-order valence-electron chi connectivity index (χ2n) is 5.69. The van der Waals surface area contributed by atoms with Crippen molar-refractivity contribution in [1.29, 1.82) is 0 Å². The van der Waals surface area contributed by atoms with Crippen LogP contribution in [-0.4, -0.2) is 6.61 Å². The summed E-state index contributed by atoms with van der Waals surface area (Å²) in [5, 5.41) is 0. The molecule has 0 saturated heterocycles. The highest BCUT2D eigenvalue weighted by Gasteiger charge is 1.94. The minimum Gasteiger partial charge on any atom is -0.377 e. The normalized spacial score (nSPS) is 14.2. The maximum Gasteiger partial charge on any atom is 0.0716 e. The van der Waals surface area contributed by atoms with E-state index in [0.29, 0.717) is 6.61 Å². The molecule has 0 fully saturated rings. The third-order valence-electron chi connectivity index (χ3n) is 3.69. The molecular formula is C20H34O. The topological polar surface area (TPSA) is 9.23 Å². The molecule has 0 aliphatic heterocycles. The van der Waals surface area contributed by atoms with Crippen LogP contribution >= 0.6 is 0 Å². The van der Waals surface area contributed by atoms with Gasteiger partial charge in [0.1, 0.15) is 0 Å². The first-order valence-electron chi connectivity index (χ1n) is 11.1. The zero-order valence-electron chi connectivity index (χ0n) is 18.6. The predicted octanol–water partition coefficient (Wildman–Crippen LogP) is 6.51. The molecule has 0 atom stereocenters. The van der Waals surface area contributed by atoms with Crippen molar-refractivity contribution in [1.82, 2.24) is 0 Å². The Morgan fingerprint density at radius 1 is 0.762 bits per heavy atom. The number of hydrogen-bond acceptors (Lipinski definition) is 1. The number of benzene rings is 1. The summed E-state index contributed by atoms with van der Waals surface area (Å²) in [5.74, 6) is 0. The summed E-state index contributed by atoms with van der Waals surface area (Å²) in [7, 11) is 0. The molecule has 0 amide bonds. The van der Waals surface area contributed by atoms with Gasteiger partial charge in [-0.25, -0.2) is 0 Å². The maximum atomic E-state index is 7.85. The fraction of sp³-hybridized carbons (Fsp3) is 0.700. The zero-order chi connectivity index (χ0) is 19.4. The van der Waals surface area contributed by atoms with Crippen molar-refractivity contribution in [2.75, 3.05) is 6.61 Å². The molecule has 1 rings (SSSR count). The Labute approximate surface area is 139 Å². The largest absolute Gasteiger partial charge is 0.377 e. The van der Waals surface area contributed by atoms with Crippen molar-refractivity contribution in [2.24, 2.45) is 0 Å². The Morgan fingerprint density at radius 3 is 1.86 bits per heavy atom. The zero-order valence-corrected chi connectivity index (χ0v) is 13.6. The Hall–Kier alpha value is -0.820. The molecule has 0 aromatic heterocycles. The average Bonchev–Trinajstić information content (AvgIpc) is 2.64. The molecule has 1 aromatic rings. The van der Waals surface area contributed by atoms with Crippen LogP contribution in [0.15, 0.2) is 30.2 Å². The van der Waals surface area contributed by atoms with Crippen molar-refractivity contribution in [3.05, 3.63) is 35.8 Å². The summed E-state index contributed by atoms with van der Waals surface area (Å²) < 4.78 is 44.1. The van der Waals surface area contributed by atoms with Gasteiger partial charge in [0, 0.05) is 6.61 Å². The lowest BCUT2D eigenvalue weighted by molar-refractivity contribution is 0.116. The summed E-state index contributed by atoms with van der Waals surface area (Å²) >= 11 is 0. The van der Waals surface area contributed by atoms with E-state index in [9.17, 15) is 0 Å². The molecule has 0 unspecified atom stereocenters. The van der Waals surface area contributed by atoms with Crippen LogP contribution in [0.1, 0.15) is 90.0 Å². The molecule has 0 aliphatic rings. The van der Waals surface area contributed by atoms with Gasteiger partial charge in [-0.3, -0.25) is 0 Å². The van der Waals surface area contributed by atoms with E-state index >= 15 is 0 Å². The second kappa shape index (κ2) is 14.1. The lowest BCUT2D eigenvalue weighted by Gasteiger charge is -2.05. The Morgan fingerprint density at radius 2 is 1.29 bits per heavy atom. The summed E-state index contributed by atoms with van der Waals surface area (Å²) in [6, 6.07) is -1.25. The van der Waals surface area contributed by atoms with Gasteiger partial charge in [-0.05, 0) is 12.0 Å². The fourth-order valence-corrected chi connectivity index (χ4v) is 2.39. The van der Waals surface area contributed by atoms with Gasteiger partial charge in [-0.2, -0.15) is 0 Å². The third kappa shape index (κ3) is 11.5. The van der Waals surface area contributed by atoms with E-state index in [-0.39, 0.29) is 42.4 Å². The van der Waals surface area contributed by atoms with Gasteiger partial charge in [0.05, 0.1) is 13.5 Å². The van der Waals surface area contributed by atoms with Gasteiger partial charge in [0.2, 0.25) is 0 Å². The first-order chi connectivity index (χ1) is 12.5. The van der Waals surface area contributed by atoms with Crippen molar-refractivity contribution in [2.45, 2.75) is 84.2 Å². The molecule has 0 bridgehead atoms. The maximum absolute atomic E-state index is 7.85. The highest BCUT2D eigenvalue weighted by molar-refractivity contribution is 5.13. The molecule has 21 heavy (non-hydrogen) atoms. The second-order valence-corrected chi connectivity index (χ2v) is 5.69. The van der Waals surface area contributed by atoms with Crippen LogP contribution in [0.25, 0.3) is 0 Å². The van der Waals surface area contributed by atoms with Gasteiger partial charge >= 0.3 is 0 Å². The first kappa shape index (κ1) is 11.7. The highest BCUT2D eigenvalue weighted by atomic mass is 16.5. The van der Waals surface area contributed by atoms with Crippen molar-refractivity contribution in [3.8, 4) is 0 Å². The minimum absolute atomic E-state index is 0.0769. The monoisotopic (exact) mass is 295 g/mol. The van der Waals surface area contributed by atoms with Crippen LogP contribution in [0.2, 0.25) is 0 Å². The molecule has 0 heterocycles. The Bertz CT molecular complexity index is 504. The van der Waals surface area contributed by atoms with E-state index in [1.165, 1.54) is 57.8 Å². The van der Waals surface area contributed by atoms with Crippen LogP contribution in [0.3, 0.4) is 0 Å². The van der Waals surface area contributed by atoms with Crippen LogP contribution in [0, 0.1) is 0 Å². The standard InChI is InChI=1S/C20H34O/c1-2-3-4-5-6-7-8-9-10-11-15-18-21-19-20-16-13-12-14-17-20/h12-14,16-17H,2-11,15,18-19H2,1H3/i12D,13D,14D,16D,17D. The van der Waals surface area contributed by atoms with Crippen molar-refractivity contribution >= 4 is 0 Å². The molecule has 0 saturated carbocycles. The number of unbranched alkanes of at least 4 members (excludes halogenated alkanes) is 10. The number of ether oxygens (including phenoxy) is 1. The lowest BCUT2D eigenvalue weighted by Crippen LogP contribution is -1.95. The molecule has 0 radical (unpaired) electrons. The van der Waals surface area contributed by atoms with Crippen LogP contribution in [0.4, 0.5) is 0 Å². The smallest absolute Gasteiger partial charge is 0.0716 e. The van der Waals surface area contributed by atoms with Crippen molar-refractivity contribution in [3.63, 3.8) is 0 Å². The summed E-state index contributed by atoms with van der Waals surface area (Å²) in [6.45, 7) is 2.89. The molecule has 0 spiro atoms. The molecule has 0 aliphatic carbocycles. The van der Waals surface area contributed by atoms with E-state index in [1.54, 1.807) is 0 Å². The SMILES string of the molecule is [2H]c1c([2H])c([2H])c(COCCCCCCCCCCCCC)c([2H])c1[2H]. The van der Waals surface area contributed by atoms with E-state index in [4.69, 9.17) is 11.6 Å². The van der Waals surface area contributed by atoms with Gasteiger partial charge in [-0.15, -0.1) is 0 Å². The Balaban J connectivity index is 2.10. The van der Waals surface area contributed by atoms with Gasteiger partial charge in [0.15, 0.2) is 0 Å². The average molecular weight is 296 g/mol. The van der Waals surface area contributed by atoms with E-state index in [0.717, 1.165) is 12.8 Å². The third-order valence-corrected chi connectivity index (χ3v) is 3.69. The van der Waals surface area contributed by atoms with Crippen LogP contribution in [-0.2, 0) is 11.3 Å². The van der Waals surface area contributed by atoms with Gasteiger partial charge in [0.25, 0.3) is 0 Å². The highest BCUT2D eigenvalue weighted by Crippen LogP contribution is 2.11. The van der Waals surface area contributed by atoms with Gasteiger partial charge < -0.3 is 4.74 Å². The molecular weight excluding hydrogens is 256 g/mol. The summed E-state index contributed by atoms with van der Waals surface area (Å²) in [6.07, 6.45) is 14.0. The molecule has 1 nitrogen and oxygen atoms in total. The quantitative estimate of drug-likeness (QED) is 0.355. The van der Waals surface area contributed by atoms with Crippen LogP contribution < -0.4 is 0 Å². The number of hydrogen-bond donors (Lipinski definition) is 0.